The van der Waals surface area contributed by atoms with E-state index in [1.165, 1.54) is 30.6 Å². The molecule has 2 bridgehead atoms. The topological polar surface area (TPSA) is 80.4 Å². The Hall–Kier alpha value is -2.71. The maximum Gasteiger partial charge on any atom is 0.305 e. The van der Waals surface area contributed by atoms with Crippen molar-refractivity contribution in [2.45, 2.75) is 35.5 Å². The zero-order chi connectivity index (χ0) is 23.2. The molecule has 2 aromatic carbocycles. The van der Waals surface area contributed by atoms with Gasteiger partial charge < -0.3 is 19.8 Å². The summed E-state index contributed by atoms with van der Waals surface area (Å²) in [6.45, 7) is -0.0825. The van der Waals surface area contributed by atoms with Crippen LogP contribution in [0.15, 0.2) is 58.4 Å². The number of anilines is 1. The van der Waals surface area contributed by atoms with Crippen molar-refractivity contribution < 1.29 is 14.3 Å². The Labute approximate surface area is 206 Å². The van der Waals surface area contributed by atoms with Crippen molar-refractivity contribution in [2.24, 2.45) is 17.8 Å². The van der Waals surface area contributed by atoms with Crippen LogP contribution in [0.1, 0.15) is 35.6 Å². The lowest BCUT2D eigenvalue weighted by Crippen LogP contribution is -2.34. The van der Waals surface area contributed by atoms with Gasteiger partial charge in [0.1, 0.15) is 11.5 Å². The summed E-state index contributed by atoms with van der Waals surface area (Å²) in [6.07, 6.45) is 3.84. The zero-order valence-electron chi connectivity index (χ0n) is 18.8. The molecule has 0 unspecified atom stereocenters. The van der Waals surface area contributed by atoms with Gasteiger partial charge in [-0.05, 0) is 67.3 Å². The van der Waals surface area contributed by atoms with Crippen molar-refractivity contribution in [2.75, 3.05) is 19.0 Å². The lowest BCUT2D eigenvalue weighted by molar-refractivity contribution is -0.118. The first-order valence-corrected chi connectivity index (χ1v) is 13.4. The highest BCUT2D eigenvalue weighted by molar-refractivity contribution is 8.00. The van der Waals surface area contributed by atoms with E-state index in [2.05, 4.69) is 16.4 Å². The average molecular weight is 495 g/mol. The second-order valence-corrected chi connectivity index (χ2v) is 11.5. The Morgan fingerprint density at radius 2 is 1.91 bits per heavy atom. The molecule has 34 heavy (non-hydrogen) atoms. The number of hydrogen-bond donors (Lipinski definition) is 2. The third-order valence-corrected chi connectivity index (χ3v) is 10.1. The fourth-order valence-corrected chi connectivity index (χ4v) is 8.97. The van der Waals surface area contributed by atoms with Crippen LogP contribution in [0.3, 0.4) is 0 Å². The van der Waals surface area contributed by atoms with Gasteiger partial charge in [-0.1, -0.05) is 29.5 Å². The van der Waals surface area contributed by atoms with Gasteiger partial charge >= 0.3 is 4.87 Å². The van der Waals surface area contributed by atoms with Crippen LogP contribution in [-0.4, -0.2) is 29.9 Å². The highest BCUT2D eigenvalue weighted by atomic mass is 32.2. The van der Waals surface area contributed by atoms with Crippen molar-refractivity contribution in [1.82, 2.24) is 4.98 Å². The van der Waals surface area contributed by atoms with Gasteiger partial charge in [0.05, 0.1) is 12.1 Å². The molecule has 8 heteroatoms. The SMILES string of the molecule is COc1ccc(NC(=O)COc2ccccc2[C@@H]2c3sc(=O)[nH]c3S[C@@H]3[C@@H]4CC[C@@H](C4)[C@H]23)cc1. The Balaban J connectivity index is 1.25. The molecule has 3 aromatic rings. The maximum absolute atomic E-state index is 12.6. The van der Waals surface area contributed by atoms with E-state index >= 15 is 0 Å². The van der Waals surface area contributed by atoms with Gasteiger partial charge in [-0.25, -0.2) is 0 Å². The summed E-state index contributed by atoms with van der Waals surface area (Å²) in [5.74, 6) is 3.27. The number of H-pyrrole nitrogens is 1. The van der Waals surface area contributed by atoms with Crippen LogP contribution in [0, 0.1) is 17.8 Å². The average Bonchev–Trinajstić information content (AvgIpc) is 3.56. The second-order valence-electron chi connectivity index (χ2n) is 9.28. The number of thiazole rings is 1. The summed E-state index contributed by atoms with van der Waals surface area (Å²) in [7, 11) is 1.61. The number of ether oxygens (including phenoxy) is 2. The Morgan fingerprint density at radius 3 is 2.74 bits per heavy atom. The molecule has 0 radical (unpaired) electrons. The monoisotopic (exact) mass is 494 g/mol. The van der Waals surface area contributed by atoms with Gasteiger partial charge in [0.25, 0.3) is 5.91 Å². The number of carbonyl (C=O) groups excluding carboxylic acids is 1. The number of para-hydroxylation sites is 1. The van der Waals surface area contributed by atoms with E-state index in [0.717, 1.165) is 32.9 Å². The number of rotatable bonds is 6. The van der Waals surface area contributed by atoms with Gasteiger partial charge in [-0.15, -0.1) is 11.8 Å². The molecule has 1 aliphatic heterocycles. The van der Waals surface area contributed by atoms with Crippen LogP contribution in [0.4, 0.5) is 5.69 Å². The highest BCUT2D eigenvalue weighted by Crippen LogP contribution is 2.64. The quantitative estimate of drug-likeness (QED) is 0.498. The number of fused-ring (bicyclic) bond motifs is 6. The third-order valence-electron chi connectivity index (χ3n) is 7.45. The zero-order valence-corrected chi connectivity index (χ0v) is 20.4. The largest absolute Gasteiger partial charge is 0.497 e. The number of hydrogen-bond acceptors (Lipinski definition) is 6. The van der Waals surface area contributed by atoms with Gasteiger partial charge in [-0.2, -0.15) is 0 Å². The normalized spacial score (nSPS) is 26.6. The molecule has 3 aliphatic rings. The standard InChI is InChI=1S/C26H26N2O4S2/c1-31-17-10-8-16(9-11-17)27-20(29)13-32-19-5-3-2-4-18(19)22-21-14-6-7-15(12-14)23(21)33-25-24(22)34-26(30)28-25/h2-5,8-11,14-15,21-23H,6-7,12-13H2,1H3,(H,27,29)(H,28,30)/t14-,15+,21+,22-,23+/m0/s1. The summed E-state index contributed by atoms with van der Waals surface area (Å²) in [4.78, 5) is 29.1. The molecule has 0 spiro atoms. The highest BCUT2D eigenvalue weighted by Gasteiger charge is 2.55. The molecular formula is C26H26N2O4S2. The number of carbonyl (C=O) groups is 1. The fourth-order valence-electron chi connectivity index (χ4n) is 6.08. The van der Waals surface area contributed by atoms with E-state index in [0.29, 0.717) is 22.8 Å². The molecule has 1 amide bonds. The van der Waals surface area contributed by atoms with Gasteiger partial charge in [0.2, 0.25) is 0 Å². The minimum absolute atomic E-state index is 0.00656. The van der Waals surface area contributed by atoms with E-state index < -0.39 is 0 Å². The molecule has 2 saturated carbocycles. The first-order valence-electron chi connectivity index (χ1n) is 11.7. The summed E-state index contributed by atoms with van der Waals surface area (Å²) >= 11 is 3.21. The predicted molar refractivity (Wildman–Crippen MR) is 134 cm³/mol. The van der Waals surface area contributed by atoms with Crippen molar-refractivity contribution >= 4 is 34.7 Å². The number of thioether (sulfide) groups is 1. The molecule has 2 heterocycles. The van der Waals surface area contributed by atoms with Gasteiger partial charge in [0.15, 0.2) is 6.61 Å². The van der Waals surface area contributed by atoms with E-state index in [9.17, 15) is 9.59 Å². The van der Waals surface area contributed by atoms with Gasteiger partial charge in [0, 0.05) is 27.3 Å². The molecule has 2 N–H and O–H groups in total. The number of aromatic amines is 1. The van der Waals surface area contributed by atoms with Crippen LogP contribution in [0.2, 0.25) is 0 Å². The lowest BCUT2D eigenvalue weighted by atomic mass is 9.74. The Bertz CT molecular complexity index is 1270. The smallest absolute Gasteiger partial charge is 0.305 e. The summed E-state index contributed by atoms with van der Waals surface area (Å²) in [6, 6.07) is 15.2. The van der Waals surface area contributed by atoms with Crippen molar-refractivity contribution in [3.63, 3.8) is 0 Å². The lowest BCUT2D eigenvalue weighted by Gasteiger charge is -2.40. The van der Waals surface area contributed by atoms with Crippen LogP contribution in [0.25, 0.3) is 0 Å². The first kappa shape index (κ1) is 21.8. The Morgan fingerprint density at radius 1 is 1.12 bits per heavy atom. The van der Waals surface area contributed by atoms with E-state index in [1.807, 2.05) is 30.0 Å². The van der Waals surface area contributed by atoms with Gasteiger partial charge in [-0.3, -0.25) is 9.59 Å². The van der Waals surface area contributed by atoms with Crippen LogP contribution >= 0.6 is 23.1 Å². The number of nitrogens with one attached hydrogen (secondary N) is 2. The van der Waals surface area contributed by atoms with Crippen LogP contribution < -0.4 is 19.7 Å². The number of amides is 1. The summed E-state index contributed by atoms with van der Waals surface area (Å²) in [5.41, 5.74) is 1.78. The van der Waals surface area contributed by atoms with Crippen molar-refractivity contribution in [1.29, 1.82) is 0 Å². The maximum atomic E-state index is 12.6. The van der Waals surface area contributed by atoms with Crippen molar-refractivity contribution in [3.05, 3.63) is 68.6 Å². The van der Waals surface area contributed by atoms with E-state index in [1.54, 1.807) is 31.4 Å². The molecule has 6 rings (SSSR count). The molecule has 0 saturated heterocycles. The summed E-state index contributed by atoms with van der Waals surface area (Å²) < 4.78 is 11.3. The molecule has 2 fully saturated rings. The Kier molecular flexibility index (Phi) is 5.65. The van der Waals surface area contributed by atoms with Crippen molar-refractivity contribution in [3.8, 4) is 11.5 Å². The third kappa shape index (κ3) is 3.82. The molecule has 176 valence electrons. The minimum Gasteiger partial charge on any atom is -0.497 e. The number of benzene rings is 2. The molecule has 2 aliphatic carbocycles. The minimum atomic E-state index is -0.219. The number of aromatic nitrogens is 1. The molecule has 1 aromatic heterocycles. The number of methoxy groups -OCH3 is 1. The summed E-state index contributed by atoms with van der Waals surface area (Å²) in [5, 5.41) is 4.44. The molecular weight excluding hydrogens is 468 g/mol. The molecule has 5 atom stereocenters. The van der Waals surface area contributed by atoms with E-state index in [-0.39, 0.29) is 23.3 Å². The fraction of sp³-hybridized carbons (Fsp3) is 0.385. The van der Waals surface area contributed by atoms with Crippen LogP contribution in [-0.2, 0) is 4.79 Å². The molecule has 6 nitrogen and oxygen atoms in total. The second kappa shape index (κ2) is 8.82. The van der Waals surface area contributed by atoms with E-state index in [4.69, 9.17) is 9.47 Å². The van der Waals surface area contributed by atoms with Crippen LogP contribution in [0.5, 0.6) is 11.5 Å². The predicted octanol–water partition coefficient (Wildman–Crippen LogP) is 5.11. The first-order chi connectivity index (χ1) is 16.6.